The van der Waals surface area contributed by atoms with Crippen molar-refractivity contribution in [1.29, 1.82) is 0 Å². The summed E-state index contributed by atoms with van der Waals surface area (Å²) in [5, 5.41) is 5.12. The first-order valence-corrected chi connectivity index (χ1v) is 12.1. The monoisotopic (exact) mass is 571 g/mol. The van der Waals surface area contributed by atoms with Gasteiger partial charge < -0.3 is 25.6 Å². The number of ketones is 1. The van der Waals surface area contributed by atoms with Gasteiger partial charge in [-0.05, 0) is 6.42 Å². The van der Waals surface area contributed by atoms with E-state index in [9.17, 15) is 41.1 Å². The molecule has 214 valence electrons. The van der Waals surface area contributed by atoms with Gasteiger partial charge in [0.1, 0.15) is 12.6 Å². The van der Waals surface area contributed by atoms with E-state index in [1.54, 1.807) is 0 Å². The topological polar surface area (TPSA) is 128 Å². The lowest BCUT2D eigenvalue weighted by Crippen LogP contribution is -2.44. The maximum atomic E-state index is 13.7. The normalized spacial score (nSPS) is 13.0. The number of halogens is 5. The molecule has 38 heavy (non-hydrogen) atoms. The van der Waals surface area contributed by atoms with Gasteiger partial charge in [0.05, 0.1) is 45.8 Å². The molecule has 15 heteroatoms. The van der Waals surface area contributed by atoms with Gasteiger partial charge >= 0.3 is 5.97 Å². The molecule has 4 N–H and O–H groups in total. The first-order valence-electron chi connectivity index (χ1n) is 11.5. The second-order valence-corrected chi connectivity index (χ2v) is 9.80. The number of likely N-dealkylation sites (N-methyl/N-ethyl adjacent to an activating group) is 1. The fourth-order valence-corrected chi connectivity index (χ4v) is 3.25. The zero-order chi connectivity index (χ0) is 29.2. The number of thiol groups is 1. The van der Waals surface area contributed by atoms with Crippen LogP contribution in [0.4, 0.5) is 22.0 Å². The van der Waals surface area contributed by atoms with Crippen molar-refractivity contribution in [3.8, 4) is 0 Å². The van der Waals surface area contributed by atoms with Gasteiger partial charge in [0, 0.05) is 25.0 Å². The van der Waals surface area contributed by atoms with Crippen LogP contribution in [0.5, 0.6) is 0 Å². The highest BCUT2D eigenvalue weighted by molar-refractivity contribution is 7.80. The Labute approximate surface area is 222 Å². The third-order valence-electron chi connectivity index (χ3n) is 5.25. The second-order valence-electron chi connectivity index (χ2n) is 9.43. The van der Waals surface area contributed by atoms with Gasteiger partial charge in [0.2, 0.25) is 17.6 Å². The Morgan fingerprint density at radius 1 is 0.895 bits per heavy atom. The zero-order valence-electron chi connectivity index (χ0n) is 21.2. The zero-order valence-corrected chi connectivity index (χ0v) is 22.1. The highest BCUT2D eigenvalue weighted by atomic mass is 32.1. The molecule has 0 fully saturated rings. The van der Waals surface area contributed by atoms with Crippen LogP contribution in [0.25, 0.3) is 0 Å². The molecule has 1 rings (SSSR count). The Hall–Kier alpha value is -2.78. The van der Waals surface area contributed by atoms with Crippen LogP contribution in [0.3, 0.4) is 0 Å². The Morgan fingerprint density at radius 3 is 1.97 bits per heavy atom. The number of hydrogen-bond acceptors (Lipinski definition) is 7. The fourth-order valence-electron chi connectivity index (χ4n) is 2.96. The molecule has 0 aromatic heterocycles. The lowest BCUT2D eigenvalue weighted by Gasteiger charge is -2.23. The van der Waals surface area contributed by atoms with E-state index >= 15 is 0 Å². The molecule has 0 unspecified atom stereocenters. The maximum absolute atomic E-state index is 13.7. The minimum Gasteiger partial charge on any atom is -0.459 e. The number of Topliss-reactive ketones (excluding diaryl/α,β-unsaturated/α-hetero) is 1. The summed E-state index contributed by atoms with van der Waals surface area (Å²) in [6, 6.07) is -2.47. The van der Waals surface area contributed by atoms with Gasteiger partial charge in [-0.15, -0.1) is 0 Å². The smallest absolute Gasteiger partial charge is 0.323 e. The molecular formula is C23H32F5N4O5S+. The predicted octanol–water partition coefficient (Wildman–Crippen LogP) is 1.12. The van der Waals surface area contributed by atoms with Crippen molar-refractivity contribution in [2.24, 2.45) is 5.73 Å². The van der Waals surface area contributed by atoms with Crippen molar-refractivity contribution in [3.63, 3.8) is 0 Å². The van der Waals surface area contributed by atoms with E-state index in [1.807, 2.05) is 21.1 Å². The Kier molecular flexibility index (Phi) is 13.1. The van der Waals surface area contributed by atoms with Crippen molar-refractivity contribution in [3.05, 3.63) is 34.6 Å². The van der Waals surface area contributed by atoms with Crippen molar-refractivity contribution in [2.45, 2.75) is 44.4 Å². The quantitative estimate of drug-likeness (QED) is 0.0624. The number of ether oxygens (including phenoxy) is 1. The molecule has 1 aromatic carbocycles. The van der Waals surface area contributed by atoms with Crippen molar-refractivity contribution in [2.75, 3.05) is 40.0 Å². The number of esters is 1. The molecule has 0 saturated carbocycles. The summed E-state index contributed by atoms with van der Waals surface area (Å²) >= 11 is 4.03. The fraction of sp³-hybridized carbons (Fsp3) is 0.565. The van der Waals surface area contributed by atoms with Crippen LogP contribution >= 0.6 is 12.6 Å². The molecule has 0 spiro atoms. The number of benzene rings is 1. The molecule has 0 bridgehead atoms. The van der Waals surface area contributed by atoms with E-state index in [2.05, 4.69) is 28.0 Å². The molecule has 0 heterocycles. The van der Waals surface area contributed by atoms with Gasteiger partial charge in [-0.25, -0.2) is 22.0 Å². The lowest BCUT2D eigenvalue weighted by atomic mass is 10.1. The number of amides is 2. The standard InChI is InChI=1S/C23H31F5N4O5S/c1-32(2,3)9-8-30-16(34)7-5-15(33)14(11-38)31-17(35)6-4-13(29)23(36)37-10-12-18(24)20(26)22(28)21(27)19(12)25/h13-14H,4-11,29H2,1-3H3,(H2-,30,31,34,35,38)/p+1/t13-,14-/m0/s1. The van der Waals surface area contributed by atoms with Crippen LogP contribution in [-0.2, 0) is 30.5 Å². The van der Waals surface area contributed by atoms with Crippen molar-refractivity contribution in [1.82, 2.24) is 10.6 Å². The molecule has 9 nitrogen and oxygen atoms in total. The lowest BCUT2D eigenvalue weighted by molar-refractivity contribution is -0.869. The van der Waals surface area contributed by atoms with Gasteiger partial charge in [-0.3, -0.25) is 19.2 Å². The van der Waals surface area contributed by atoms with Crippen molar-refractivity contribution < 1.29 is 50.4 Å². The predicted molar refractivity (Wildman–Crippen MR) is 129 cm³/mol. The number of carbonyl (C=O) groups is 4. The average Bonchev–Trinajstić information content (AvgIpc) is 2.85. The number of quaternary nitrogens is 1. The van der Waals surface area contributed by atoms with Crippen LogP contribution in [0.15, 0.2) is 0 Å². The highest BCUT2D eigenvalue weighted by Gasteiger charge is 2.27. The number of hydrogen-bond donors (Lipinski definition) is 4. The molecule has 0 saturated heterocycles. The first-order chi connectivity index (χ1) is 17.6. The van der Waals surface area contributed by atoms with Crippen LogP contribution in [0.2, 0.25) is 0 Å². The van der Waals surface area contributed by atoms with Gasteiger partial charge in [-0.2, -0.15) is 12.6 Å². The SMILES string of the molecule is C[N+](C)(C)CCNC(=O)CCC(=O)[C@H](CS)NC(=O)CC[C@H](N)C(=O)OCc1c(F)c(F)c(F)c(F)c1F. The summed E-state index contributed by atoms with van der Waals surface area (Å²) in [6.45, 7) is -0.140. The largest absolute Gasteiger partial charge is 0.459 e. The van der Waals surface area contributed by atoms with E-state index in [0.717, 1.165) is 0 Å². The van der Waals surface area contributed by atoms with E-state index in [1.165, 1.54) is 0 Å². The summed E-state index contributed by atoms with van der Waals surface area (Å²) in [7, 11) is 5.89. The van der Waals surface area contributed by atoms with E-state index in [-0.39, 0.29) is 37.3 Å². The number of carbonyl (C=O) groups excluding carboxylic acids is 4. The number of nitrogens with zero attached hydrogens (tertiary/aromatic N) is 1. The van der Waals surface area contributed by atoms with Crippen LogP contribution in [0.1, 0.15) is 31.2 Å². The Bertz CT molecular complexity index is 1010. The van der Waals surface area contributed by atoms with E-state index in [4.69, 9.17) is 5.73 Å². The van der Waals surface area contributed by atoms with Crippen LogP contribution in [0, 0.1) is 29.1 Å². The second kappa shape index (κ2) is 15.0. The van der Waals surface area contributed by atoms with Crippen LogP contribution < -0.4 is 16.4 Å². The number of nitrogens with two attached hydrogens (primary N) is 1. The minimum atomic E-state index is -2.35. The Morgan fingerprint density at radius 2 is 1.45 bits per heavy atom. The Balaban J connectivity index is 2.50. The molecule has 0 aliphatic rings. The average molecular weight is 572 g/mol. The molecule has 1 aromatic rings. The van der Waals surface area contributed by atoms with Crippen LogP contribution in [-0.4, -0.2) is 80.1 Å². The highest BCUT2D eigenvalue weighted by Crippen LogP contribution is 2.23. The maximum Gasteiger partial charge on any atom is 0.323 e. The molecule has 0 aliphatic heterocycles. The third-order valence-corrected chi connectivity index (χ3v) is 5.62. The summed E-state index contributed by atoms with van der Waals surface area (Å²) < 4.78 is 72.1. The molecular weight excluding hydrogens is 539 g/mol. The molecule has 0 aliphatic carbocycles. The van der Waals surface area contributed by atoms with Gasteiger partial charge in [-0.1, -0.05) is 0 Å². The number of nitrogens with one attached hydrogen (secondary N) is 2. The van der Waals surface area contributed by atoms with E-state index in [0.29, 0.717) is 17.6 Å². The molecule has 2 atom stereocenters. The summed E-state index contributed by atoms with van der Waals surface area (Å²) in [5.41, 5.74) is 4.23. The van der Waals surface area contributed by atoms with E-state index < -0.39 is 71.0 Å². The summed E-state index contributed by atoms with van der Waals surface area (Å²) in [4.78, 5) is 48.4. The molecule has 2 amide bonds. The summed E-state index contributed by atoms with van der Waals surface area (Å²) in [5.74, 6) is -13.7. The first kappa shape index (κ1) is 33.2. The third kappa shape index (κ3) is 10.5. The summed E-state index contributed by atoms with van der Waals surface area (Å²) in [6.07, 6.45) is -0.882. The number of rotatable bonds is 15. The minimum absolute atomic E-state index is 0.0519. The molecule has 0 radical (unpaired) electrons. The van der Waals surface area contributed by atoms with Gasteiger partial charge in [0.25, 0.3) is 0 Å². The van der Waals surface area contributed by atoms with Gasteiger partial charge in [0.15, 0.2) is 29.1 Å². The van der Waals surface area contributed by atoms with Crippen molar-refractivity contribution >= 4 is 36.2 Å².